The first-order chi connectivity index (χ1) is 12.7. The van der Waals surface area contributed by atoms with Crippen molar-refractivity contribution < 1.29 is 10.2 Å². The first kappa shape index (κ1) is 20.7. The van der Waals surface area contributed by atoms with Crippen LogP contribution in [0.1, 0.15) is 62.6 Å². The molecule has 2 aromatic rings. The molecule has 0 fully saturated rings. The number of benzene rings is 2. The molecule has 2 N–H and O–H groups in total. The molecule has 0 aliphatic heterocycles. The standard InChI is InChI=1S/C24H34O2/c1-4-20(5-2)22-10-12-23(13-11-22)24-14-9-18(15-21(24)6-3)7-8-19(16-25)17-26/h9-15,19-20,25-26H,4-8,16-17H2,1-3H3. The van der Waals surface area contributed by atoms with E-state index >= 15 is 0 Å². The molecule has 0 spiro atoms. The summed E-state index contributed by atoms with van der Waals surface area (Å²) in [4.78, 5) is 0. The van der Waals surface area contributed by atoms with Gasteiger partial charge in [0.25, 0.3) is 0 Å². The monoisotopic (exact) mass is 354 g/mol. The summed E-state index contributed by atoms with van der Waals surface area (Å²) < 4.78 is 0. The molecule has 142 valence electrons. The van der Waals surface area contributed by atoms with Crippen LogP contribution in [0, 0.1) is 5.92 Å². The molecular formula is C24H34O2. The fraction of sp³-hybridized carbons (Fsp3) is 0.500. The third-order valence-electron chi connectivity index (χ3n) is 5.59. The first-order valence-electron chi connectivity index (χ1n) is 10.1. The molecule has 0 amide bonds. The Bertz CT molecular complexity index is 652. The van der Waals surface area contributed by atoms with E-state index in [1.807, 2.05) is 0 Å². The highest BCUT2D eigenvalue weighted by atomic mass is 16.3. The van der Waals surface area contributed by atoms with Crippen molar-refractivity contribution in [2.24, 2.45) is 5.92 Å². The van der Waals surface area contributed by atoms with Gasteiger partial charge in [-0.15, -0.1) is 0 Å². The van der Waals surface area contributed by atoms with Gasteiger partial charge in [0.2, 0.25) is 0 Å². The van der Waals surface area contributed by atoms with Gasteiger partial charge in [0.05, 0.1) is 0 Å². The molecule has 0 radical (unpaired) electrons. The van der Waals surface area contributed by atoms with Crippen molar-refractivity contribution in [3.63, 3.8) is 0 Å². The average Bonchev–Trinajstić information content (AvgIpc) is 2.70. The highest BCUT2D eigenvalue weighted by Crippen LogP contribution is 2.29. The first-order valence-corrected chi connectivity index (χ1v) is 10.1. The van der Waals surface area contributed by atoms with Crippen molar-refractivity contribution >= 4 is 0 Å². The minimum Gasteiger partial charge on any atom is -0.396 e. The van der Waals surface area contributed by atoms with Gasteiger partial charge < -0.3 is 10.2 Å². The van der Waals surface area contributed by atoms with Crippen LogP contribution in [0.4, 0.5) is 0 Å². The molecular weight excluding hydrogens is 320 g/mol. The van der Waals surface area contributed by atoms with Gasteiger partial charge in [-0.25, -0.2) is 0 Å². The summed E-state index contributed by atoms with van der Waals surface area (Å²) in [5.41, 5.74) is 6.68. The van der Waals surface area contributed by atoms with Crippen LogP contribution in [0.2, 0.25) is 0 Å². The van der Waals surface area contributed by atoms with Gasteiger partial charge in [0.15, 0.2) is 0 Å². The number of hydrogen-bond donors (Lipinski definition) is 2. The summed E-state index contributed by atoms with van der Waals surface area (Å²) in [6.45, 7) is 6.82. The second-order valence-corrected chi connectivity index (χ2v) is 7.25. The van der Waals surface area contributed by atoms with E-state index in [-0.39, 0.29) is 19.1 Å². The van der Waals surface area contributed by atoms with Gasteiger partial charge in [0, 0.05) is 19.1 Å². The van der Waals surface area contributed by atoms with E-state index in [1.165, 1.54) is 40.7 Å². The molecule has 0 heterocycles. The zero-order valence-corrected chi connectivity index (χ0v) is 16.5. The van der Waals surface area contributed by atoms with Crippen molar-refractivity contribution in [2.75, 3.05) is 13.2 Å². The van der Waals surface area contributed by atoms with Crippen LogP contribution in [0.5, 0.6) is 0 Å². The lowest BCUT2D eigenvalue weighted by molar-refractivity contribution is 0.144. The molecule has 0 bridgehead atoms. The van der Waals surface area contributed by atoms with Crippen LogP contribution in [0.25, 0.3) is 11.1 Å². The van der Waals surface area contributed by atoms with Crippen LogP contribution >= 0.6 is 0 Å². The van der Waals surface area contributed by atoms with E-state index in [0.29, 0.717) is 5.92 Å². The summed E-state index contributed by atoms with van der Waals surface area (Å²) in [6, 6.07) is 15.8. The van der Waals surface area contributed by atoms with Crippen molar-refractivity contribution in [2.45, 2.75) is 58.8 Å². The normalized spacial score (nSPS) is 11.5. The van der Waals surface area contributed by atoms with E-state index in [4.69, 9.17) is 0 Å². The Morgan fingerprint density at radius 1 is 0.846 bits per heavy atom. The fourth-order valence-corrected chi connectivity index (χ4v) is 3.68. The topological polar surface area (TPSA) is 40.5 Å². The molecule has 2 aromatic carbocycles. The van der Waals surface area contributed by atoms with Gasteiger partial charge in [-0.3, -0.25) is 0 Å². The lowest BCUT2D eigenvalue weighted by atomic mass is 9.90. The molecule has 26 heavy (non-hydrogen) atoms. The Morgan fingerprint density at radius 2 is 1.50 bits per heavy atom. The van der Waals surface area contributed by atoms with E-state index in [0.717, 1.165) is 19.3 Å². The Morgan fingerprint density at radius 3 is 2.04 bits per heavy atom. The molecule has 2 nitrogen and oxygen atoms in total. The molecule has 0 saturated heterocycles. The van der Waals surface area contributed by atoms with Crippen LogP contribution < -0.4 is 0 Å². The molecule has 2 heteroatoms. The quantitative estimate of drug-likeness (QED) is 0.603. The third-order valence-corrected chi connectivity index (χ3v) is 5.59. The second kappa shape index (κ2) is 10.5. The Hall–Kier alpha value is -1.64. The van der Waals surface area contributed by atoms with Gasteiger partial charge >= 0.3 is 0 Å². The molecule has 0 aliphatic carbocycles. The van der Waals surface area contributed by atoms with Crippen LogP contribution in [0.3, 0.4) is 0 Å². The number of rotatable bonds is 10. The molecule has 2 rings (SSSR count). The largest absolute Gasteiger partial charge is 0.396 e. The van der Waals surface area contributed by atoms with Gasteiger partial charge in [-0.2, -0.15) is 0 Å². The van der Waals surface area contributed by atoms with E-state index in [9.17, 15) is 10.2 Å². The van der Waals surface area contributed by atoms with E-state index in [1.54, 1.807) is 0 Å². The van der Waals surface area contributed by atoms with E-state index < -0.39 is 0 Å². The molecule has 0 saturated carbocycles. The molecule has 0 atom stereocenters. The van der Waals surface area contributed by atoms with Gasteiger partial charge in [-0.05, 0) is 65.8 Å². The lowest BCUT2D eigenvalue weighted by Crippen LogP contribution is -2.11. The van der Waals surface area contributed by atoms with Crippen molar-refractivity contribution in [1.82, 2.24) is 0 Å². The predicted molar refractivity (Wildman–Crippen MR) is 111 cm³/mol. The van der Waals surface area contributed by atoms with Crippen molar-refractivity contribution in [1.29, 1.82) is 0 Å². The van der Waals surface area contributed by atoms with Gasteiger partial charge in [0.1, 0.15) is 0 Å². The Balaban J connectivity index is 2.19. The zero-order chi connectivity index (χ0) is 18.9. The SMILES string of the molecule is CCc1cc(CCC(CO)CO)ccc1-c1ccc(C(CC)CC)cc1. The molecule has 0 aliphatic rings. The number of aryl methyl sites for hydroxylation is 2. The third kappa shape index (κ3) is 5.18. The number of hydrogen-bond acceptors (Lipinski definition) is 2. The summed E-state index contributed by atoms with van der Waals surface area (Å²) in [7, 11) is 0. The number of aliphatic hydroxyl groups excluding tert-OH is 2. The average molecular weight is 355 g/mol. The fourth-order valence-electron chi connectivity index (χ4n) is 3.68. The van der Waals surface area contributed by atoms with Crippen molar-refractivity contribution in [3.05, 3.63) is 59.2 Å². The van der Waals surface area contributed by atoms with Crippen LogP contribution in [-0.2, 0) is 12.8 Å². The van der Waals surface area contributed by atoms with Crippen LogP contribution in [-0.4, -0.2) is 23.4 Å². The highest BCUT2D eigenvalue weighted by molar-refractivity contribution is 5.68. The van der Waals surface area contributed by atoms with Crippen LogP contribution in [0.15, 0.2) is 42.5 Å². The highest BCUT2D eigenvalue weighted by Gasteiger charge is 2.10. The van der Waals surface area contributed by atoms with Gasteiger partial charge in [-0.1, -0.05) is 63.2 Å². The number of aliphatic hydroxyl groups is 2. The summed E-state index contributed by atoms with van der Waals surface area (Å²) in [5.74, 6) is 0.639. The smallest absolute Gasteiger partial charge is 0.0481 e. The second-order valence-electron chi connectivity index (χ2n) is 7.25. The lowest BCUT2D eigenvalue weighted by Gasteiger charge is -2.15. The molecule has 0 aromatic heterocycles. The Labute approximate surface area is 158 Å². The minimum atomic E-state index is -0.0163. The Kier molecular flexibility index (Phi) is 8.34. The maximum absolute atomic E-state index is 9.23. The summed E-state index contributed by atoms with van der Waals surface area (Å²) in [5, 5.41) is 18.5. The zero-order valence-electron chi connectivity index (χ0n) is 16.5. The van der Waals surface area contributed by atoms with Crippen molar-refractivity contribution in [3.8, 4) is 11.1 Å². The van der Waals surface area contributed by atoms with E-state index in [2.05, 4.69) is 63.2 Å². The summed E-state index contributed by atoms with van der Waals surface area (Å²) >= 11 is 0. The predicted octanol–water partition coefficient (Wildman–Crippen LogP) is 5.35. The maximum Gasteiger partial charge on any atom is 0.0481 e. The summed E-state index contributed by atoms with van der Waals surface area (Å²) in [6.07, 6.45) is 5.09. The minimum absolute atomic E-state index is 0.0163. The maximum atomic E-state index is 9.23. The molecule has 0 unspecified atom stereocenters.